The molecule has 1 aromatic heterocycles. The molecule has 3 N–H and O–H groups in total. The highest BCUT2D eigenvalue weighted by atomic mass is 16.5. The lowest BCUT2D eigenvalue weighted by atomic mass is 9.80. The molecule has 3 rings (SSSR count). The van der Waals surface area contributed by atoms with Gasteiger partial charge in [-0.2, -0.15) is 0 Å². The van der Waals surface area contributed by atoms with Crippen molar-refractivity contribution in [2.45, 2.75) is 71.1 Å². The van der Waals surface area contributed by atoms with Crippen LogP contribution in [0.2, 0.25) is 0 Å². The number of fused-ring (bicyclic) bond motifs is 3. The third-order valence-electron chi connectivity index (χ3n) is 4.43. The van der Waals surface area contributed by atoms with Crippen LogP contribution in [0.25, 0.3) is 0 Å². The van der Waals surface area contributed by atoms with E-state index in [4.69, 9.17) is 20.4 Å². The van der Waals surface area contributed by atoms with E-state index >= 15 is 0 Å². The number of nitrogens with one attached hydrogen (secondary N) is 1. The van der Waals surface area contributed by atoms with Crippen LogP contribution in [0.15, 0.2) is 4.99 Å². The van der Waals surface area contributed by atoms with Gasteiger partial charge in [-0.25, -0.2) is 9.66 Å². The molecule has 2 heterocycles. The fraction of sp³-hybridized carbons (Fsp3) is 0.750. The van der Waals surface area contributed by atoms with Gasteiger partial charge in [0, 0.05) is 18.6 Å². The van der Waals surface area contributed by atoms with E-state index in [9.17, 15) is 0 Å². The minimum Gasteiger partial charge on any atom is -0.382 e. The fourth-order valence-electron chi connectivity index (χ4n) is 3.53. The quantitative estimate of drug-likeness (QED) is 0.873. The molecule has 1 saturated carbocycles. The molecule has 1 fully saturated rings. The topological polar surface area (TPSA) is 77.5 Å². The lowest BCUT2D eigenvalue weighted by molar-refractivity contribution is 0.126. The number of nitrogens with zero attached hydrogens (tertiary/aromatic N) is 3. The number of aliphatic imine (C=N–C) groups is 1. The Morgan fingerprint density at radius 3 is 2.86 bits per heavy atom. The predicted octanol–water partition coefficient (Wildman–Crippen LogP) is 2.12. The number of aromatic nitrogens is 2. The molecule has 0 radical (unpaired) electrons. The van der Waals surface area contributed by atoms with Crippen LogP contribution in [0.4, 0.5) is 0 Å². The van der Waals surface area contributed by atoms with E-state index in [1.807, 2.05) is 6.92 Å². The van der Waals surface area contributed by atoms with Gasteiger partial charge in [0.2, 0.25) is 0 Å². The molecule has 1 aliphatic carbocycles. The predicted molar refractivity (Wildman–Crippen MR) is 87.8 cm³/mol. The fourth-order valence-corrected chi connectivity index (χ4v) is 3.53. The Labute approximate surface area is 132 Å². The summed E-state index contributed by atoms with van der Waals surface area (Å²) in [5.41, 5.74) is 11.8. The molecular weight excluding hydrogens is 278 g/mol. The number of ether oxygens (including phenoxy) is 1. The zero-order valence-corrected chi connectivity index (χ0v) is 13.8. The third-order valence-corrected chi connectivity index (χ3v) is 4.43. The van der Waals surface area contributed by atoms with E-state index in [2.05, 4.69) is 23.9 Å². The number of amidine groups is 1. The second-order valence-corrected chi connectivity index (χ2v) is 6.49. The average Bonchev–Trinajstić information content (AvgIpc) is 2.84. The molecule has 122 valence electrons. The summed E-state index contributed by atoms with van der Waals surface area (Å²) in [4.78, 5) is 9.44. The monoisotopic (exact) mass is 305 g/mol. The molecule has 0 aromatic carbocycles. The molecule has 0 bridgehead atoms. The number of nitrogens with two attached hydrogens (primary N) is 1. The van der Waals surface area contributed by atoms with E-state index < -0.39 is 0 Å². The van der Waals surface area contributed by atoms with Crippen LogP contribution in [-0.2, 0) is 11.3 Å². The maximum atomic E-state index is 6.20. The van der Waals surface area contributed by atoms with Gasteiger partial charge >= 0.3 is 0 Å². The van der Waals surface area contributed by atoms with Crippen molar-refractivity contribution in [2.24, 2.45) is 10.7 Å². The number of rotatable bonds is 5. The van der Waals surface area contributed by atoms with Crippen LogP contribution in [0.5, 0.6) is 0 Å². The summed E-state index contributed by atoms with van der Waals surface area (Å²) in [5, 5.41) is 0. The van der Waals surface area contributed by atoms with Gasteiger partial charge in [0.15, 0.2) is 5.82 Å². The van der Waals surface area contributed by atoms with E-state index in [1.54, 1.807) is 0 Å². The zero-order valence-electron chi connectivity index (χ0n) is 13.8. The molecule has 0 spiro atoms. The molecule has 6 heteroatoms. The Morgan fingerprint density at radius 1 is 1.36 bits per heavy atom. The van der Waals surface area contributed by atoms with E-state index in [-0.39, 0.29) is 0 Å². The summed E-state index contributed by atoms with van der Waals surface area (Å²) in [7, 11) is 0. The van der Waals surface area contributed by atoms with E-state index in [0.717, 1.165) is 24.4 Å². The van der Waals surface area contributed by atoms with Gasteiger partial charge in [0.05, 0.1) is 11.7 Å². The van der Waals surface area contributed by atoms with Crippen molar-refractivity contribution in [2.75, 3.05) is 12.0 Å². The molecule has 2 unspecified atom stereocenters. The Kier molecular flexibility index (Phi) is 4.38. The van der Waals surface area contributed by atoms with Gasteiger partial charge in [0.1, 0.15) is 18.1 Å². The Bertz CT molecular complexity index is 563. The average molecular weight is 305 g/mol. The van der Waals surface area contributed by atoms with Crippen molar-refractivity contribution in [1.29, 1.82) is 0 Å². The first-order valence-corrected chi connectivity index (χ1v) is 8.41. The maximum Gasteiger partial charge on any atom is 0.154 e. The molecule has 2 aliphatic rings. The summed E-state index contributed by atoms with van der Waals surface area (Å²) >= 11 is 0. The minimum atomic E-state index is 0.311. The summed E-state index contributed by atoms with van der Waals surface area (Å²) in [6, 6.07) is 0.631. The van der Waals surface area contributed by atoms with Crippen molar-refractivity contribution >= 4 is 5.84 Å². The zero-order chi connectivity index (χ0) is 15.7. The van der Waals surface area contributed by atoms with Crippen LogP contribution in [-0.4, -0.2) is 34.2 Å². The van der Waals surface area contributed by atoms with Gasteiger partial charge in [-0.1, -0.05) is 12.8 Å². The molecule has 0 saturated heterocycles. The number of hydrogen-bond acceptors (Lipinski definition) is 5. The second-order valence-electron chi connectivity index (χ2n) is 6.49. The smallest absolute Gasteiger partial charge is 0.154 e. The van der Waals surface area contributed by atoms with Crippen molar-refractivity contribution in [1.82, 2.24) is 9.66 Å². The normalized spacial score (nSPS) is 23.9. The van der Waals surface area contributed by atoms with Gasteiger partial charge < -0.3 is 15.9 Å². The minimum absolute atomic E-state index is 0.311. The summed E-state index contributed by atoms with van der Waals surface area (Å²) in [5.74, 6) is 1.90. The standard InChI is InChI=1S/C16H27N5O/c1-4-22-9-13-19-14-15(21(13)20-10(2)3)11-7-5-6-8-12(11)18-16(14)17/h10-12,20H,4-9H2,1-3H3,(H2,17,18). The first-order chi connectivity index (χ1) is 10.6. The highest BCUT2D eigenvalue weighted by molar-refractivity contribution is 5.98. The number of hydrogen-bond donors (Lipinski definition) is 2. The van der Waals surface area contributed by atoms with Gasteiger partial charge in [-0.3, -0.25) is 4.99 Å². The first kappa shape index (κ1) is 15.3. The lowest BCUT2D eigenvalue weighted by Gasteiger charge is -2.33. The molecule has 1 aliphatic heterocycles. The van der Waals surface area contributed by atoms with E-state index in [0.29, 0.717) is 37.1 Å². The van der Waals surface area contributed by atoms with Crippen molar-refractivity contribution in [3.8, 4) is 0 Å². The third kappa shape index (κ3) is 2.72. The van der Waals surface area contributed by atoms with Gasteiger partial charge in [-0.15, -0.1) is 0 Å². The molecule has 22 heavy (non-hydrogen) atoms. The first-order valence-electron chi connectivity index (χ1n) is 8.41. The molecule has 1 aromatic rings. The molecule has 0 amide bonds. The van der Waals surface area contributed by atoms with Gasteiger partial charge in [0.25, 0.3) is 0 Å². The van der Waals surface area contributed by atoms with Crippen LogP contribution in [0.3, 0.4) is 0 Å². The van der Waals surface area contributed by atoms with Crippen molar-refractivity contribution in [3.63, 3.8) is 0 Å². The highest BCUT2D eigenvalue weighted by Gasteiger charge is 2.37. The molecular formula is C16H27N5O. The molecule has 2 atom stereocenters. The van der Waals surface area contributed by atoms with Gasteiger partial charge in [-0.05, 0) is 33.6 Å². The maximum absolute atomic E-state index is 6.20. The highest BCUT2D eigenvalue weighted by Crippen LogP contribution is 2.39. The van der Waals surface area contributed by atoms with Crippen LogP contribution in [0, 0.1) is 0 Å². The lowest BCUT2D eigenvalue weighted by Crippen LogP contribution is -2.36. The van der Waals surface area contributed by atoms with E-state index in [1.165, 1.54) is 18.5 Å². The van der Waals surface area contributed by atoms with Crippen LogP contribution < -0.4 is 11.2 Å². The van der Waals surface area contributed by atoms with Crippen molar-refractivity contribution in [3.05, 3.63) is 17.2 Å². The Hall–Kier alpha value is -1.56. The SMILES string of the molecule is CCOCc1nc2c(n1NC(C)C)C1CCCCC1N=C2N. The second kappa shape index (κ2) is 6.28. The summed E-state index contributed by atoms with van der Waals surface area (Å²) in [6.07, 6.45) is 4.78. The number of imidazole rings is 1. The largest absolute Gasteiger partial charge is 0.382 e. The van der Waals surface area contributed by atoms with Crippen molar-refractivity contribution < 1.29 is 4.74 Å². The van der Waals surface area contributed by atoms with Crippen LogP contribution >= 0.6 is 0 Å². The summed E-state index contributed by atoms with van der Waals surface area (Å²) < 4.78 is 7.71. The Balaban J connectivity index is 2.04. The molecule has 6 nitrogen and oxygen atoms in total. The Morgan fingerprint density at radius 2 is 2.14 bits per heavy atom. The summed E-state index contributed by atoms with van der Waals surface area (Å²) in [6.45, 7) is 7.43. The van der Waals surface area contributed by atoms with Crippen LogP contribution in [0.1, 0.15) is 69.6 Å².